The number of rotatable bonds is 1. The minimum absolute atomic E-state index is 0.0477. The molecule has 1 saturated heterocycles. The molecule has 0 aromatic rings. The van der Waals surface area contributed by atoms with Crippen LogP contribution >= 0.6 is 0 Å². The van der Waals surface area contributed by atoms with Crippen LogP contribution in [0.25, 0.3) is 0 Å². The molecule has 1 heterocycles. The molecule has 3 heteroatoms. The number of nitrogens with zero attached hydrogens (tertiary/aromatic N) is 1. The predicted molar refractivity (Wildman–Crippen MR) is 32.9 cm³/mol. The number of aliphatic hydroxyl groups is 1. The second kappa shape index (κ2) is 1.70. The van der Waals surface area contributed by atoms with Crippen molar-refractivity contribution in [1.29, 1.82) is 0 Å². The van der Waals surface area contributed by atoms with Crippen molar-refractivity contribution in [2.75, 3.05) is 13.2 Å². The van der Waals surface area contributed by atoms with E-state index in [4.69, 9.17) is 5.11 Å². The van der Waals surface area contributed by atoms with E-state index in [1.54, 1.807) is 4.90 Å². The van der Waals surface area contributed by atoms with Crippen LogP contribution in [-0.4, -0.2) is 34.6 Å². The molecule has 1 unspecified atom stereocenters. The lowest BCUT2D eigenvalue weighted by molar-refractivity contribution is -0.124. The van der Waals surface area contributed by atoms with Gasteiger partial charge in [-0.1, -0.05) is 0 Å². The van der Waals surface area contributed by atoms with Crippen LogP contribution in [0.15, 0.2) is 0 Å². The molecule has 3 nitrogen and oxygen atoms in total. The van der Waals surface area contributed by atoms with Crippen LogP contribution < -0.4 is 0 Å². The molecule has 1 atom stereocenters. The van der Waals surface area contributed by atoms with Crippen LogP contribution in [-0.2, 0) is 4.79 Å². The Bertz CT molecular complexity index is 146. The van der Waals surface area contributed by atoms with Crippen LogP contribution in [0.3, 0.4) is 0 Å². The molecule has 0 aliphatic carbocycles. The van der Waals surface area contributed by atoms with Crippen molar-refractivity contribution in [2.24, 2.45) is 0 Å². The monoisotopic (exact) mass is 129 g/mol. The molecule has 1 aliphatic heterocycles. The smallest absolute Gasteiger partial charge is 0.220 e. The molecule has 1 fully saturated rings. The summed E-state index contributed by atoms with van der Waals surface area (Å²) in [5.41, 5.74) is -0.230. The van der Waals surface area contributed by atoms with Gasteiger partial charge in [0, 0.05) is 13.5 Å². The zero-order valence-corrected chi connectivity index (χ0v) is 5.72. The highest BCUT2D eigenvalue weighted by molar-refractivity contribution is 5.77. The SMILES string of the molecule is CC(=O)N1CC1(C)CO. The highest BCUT2D eigenvalue weighted by Gasteiger charge is 2.48. The van der Waals surface area contributed by atoms with Crippen LogP contribution in [0.4, 0.5) is 0 Å². The summed E-state index contributed by atoms with van der Waals surface area (Å²) in [6, 6.07) is 0. The quantitative estimate of drug-likeness (QED) is 0.489. The predicted octanol–water partition coefficient (Wildman–Crippen LogP) is -0.401. The van der Waals surface area contributed by atoms with Gasteiger partial charge in [-0.2, -0.15) is 0 Å². The van der Waals surface area contributed by atoms with Gasteiger partial charge < -0.3 is 10.0 Å². The molecule has 1 N–H and O–H groups in total. The largest absolute Gasteiger partial charge is 0.394 e. The first-order valence-corrected chi connectivity index (χ1v) is 2.99. The Hall–Kier alpha value is -0.570. The minimum atomic E-state index is -0.230. The summed E-state index contributed by atoms with van der Waals surface area (Å²) in [5, 5.41) is 8.69. The number of aliphatic hydroxyl groups excluding tert-OH is 1. The van der Waals surface area contributed by atoms with Gasteiger partial charge in [-0.3, -0.25) is 4.79 Å². The summed E-state index contributed by atoms with van der Waals surface area (Å²) in [7, 11) is 0. The molecular weight excluding hydrogens is 118 g/mol. The third-order valence-corrected chi connectivity index (χ3v) is 1.77. The standard InChI is InChI=1S/C6H11NO2/c1-5(9)7-3-6(7,2)4-8/h8H,3-4H2,1-2H3. The first-order valence-electron chi connectivity index (χ1n) is 2.99. The van der Waals surface area contributed by atoms with Crippen LogP contribution in [0, 0.1) is 0 Å². The van der Waals surface area contributed by atoms with Crippen LogP contribution in [0.2, 0.25) is 0 Å². The molecule has 1 rings (SSSR count). The summed E-state index contributed by atoms with van der Waals surface area (Å²) in [6.07, 6.45) is 0. The number of carbonyl (C=O) groups excluding carboxylic acids is 1. The van der Waals surface area contributed by atoms with E-state index in [-0.39, 0.29) is 18.1 Å². The molecule has 0 aromatic heterocycles. The average Bonchev–Trinajstić information content (AvgIpc) is 2.44. The first-order chi connectivity index (χ1) is 4.10. The van der Waals surface area contributed by atoms with Crippen molar-refractivity contribution in [3.63, 3.8) is 0 Å². The molecular formula is C6H11NO2. The van der Waals surface area contributed by atoms with Crippen molar-refractivity contribution in [3.8, 4) is 0 Å². The second-order valence-electron chi connectivity index (χ2n) is 2.76. The molecule has 0 aromatic carbocycles. The number of carbonyl (C=O) groups is 1. The Balaban J connectivity index is 2.48. The lowest BCUT2D eigenvalue weighted by Gasteiger charge is -2.04. The topological polar surface area (TPSA) is 40.3 Å². The minimum Gasteiger partial charge on any atom is -0.394 e. The lowest BCUT2D eigenvalue weighted by atomic mass is 10.2. The van der Waals surface area contributed by atoms with Gasteiger partial charge in [0.05, 0.1) is 12.1 Å². The Labute approximate surface area is 54.3 Å². The van der Waals surface area contributed by atoms with Crippen molar-refractivity contribution in [1.82, 2.24) is 4.90 Å². The van der Waals surface area contributed by atoms with Crippen molar-refractivity contribution in [3.05, 3.63) is 0 Å². The van der Waals surface area contributed by atoms with E-state index in [0.29, 0.717) is 6.54 Å². The fraction of sp³-hybridized carbons (Fsp3) is 0.833. The molecule has 0 bridgehead atoms. The van der Waals surface area contributed by atoms with Crippen LogP contribution in [0.1, 0.15) is 13.8 Å². The second-order valence-corrected chi connectivity index (χ2v) is 2.76. The number of hydrogen-bond acceptors (Lipinski definition) is 2. The first kappa shape index (κ1) is 6.55. The van der Waals surface area contributed by atoms with Gasteiger partial charge in [-0.25, -0.2) is 0 Å². The van der Waals surface area contributed by atoms with Gasteiger partial charge in [-0.15, -0.1) is 0 Å². The fourth-order valence-corrected chi connectivity index (χ4v) is 0.932. The Kier molecular flexibility index (Phi) is 1.24. The molecule has 1 amide bonds. The third-order valence-electron chi connectivity index (χ3n) is 1.77. The van der Waals surface area contributed by atoms with Crippen molar-refractivity contribution in [2.45, 2.75) is 19.4 Å². The van der Waals surface area contributed by atoms with E-state index >= 15 is 0 Å². The molecule has 9 heavy (non-hydrogen) atoms. The average molecular weight is 129 g/mol. The van der Waals surface area contributed by atoms with E-state index in [1.807, 2.05) is 6.92 Å². The van der Waals surface area contributed by atoms with Gasteiger partial charge >= 0.3 is 0 Å². The van der Waals surface area contributed by atoms with E-state index in [9.17, 15) is 4.79 Å². The Morgan fingerprint density at radius 3 is 2.56 bits per heavy atom. The van der Waals surface area contributed by atoms with Gasteiger partial charge in [0.25, 0.3) is 0 Å². The number of amides is 1. The normalized spacial score (nSPS) is 32.6. The Morgan fingerprint density at radius 1 is 1.89 bits per heavy atom. The maximum absolute atomic E-state index is 10.6. The zero-order valence-electron chi connectivity index (χ0n) is 5.72. The summed E-state index contributed by atoms with van der Waals surface area (Å²) < 4.78 is 0. The maximum atomic E-state index is 10.6. The molecule has 0 saturated carbocycles. The highest BCUT2D eigenvalue weighted by Crippen LogP contribution is 2.30. The summed E-state index contributed by atoms with van der Waals surface area (Å²) in [6.45, 7) is 4.17. The summed E-state index contributed by atoms with van der Waals surface area (Å²) in [5.74, 6) is 0.0477. The van der Waals surface area contributed by atoms with E-state index in [2.05, 4.69) is 0 Å². The van der Waals surface area contributed by atoms with Crippen molar-refractivity contribution >= 4 is 5.91 Å². The maximum Gasteiger partial charge on any atom is 0.220 e. The van der Waals surface area contributed by atoms with Gasteiger partial charge in [0.1, 0.15) is 0 Å². The third kappa shape index (κ3) is 0.920. The molecule has 0 spiro atoms. The molecule has 52 valence electrons. The van der Waals surface area contributed by atoms with E-state index in [1.165, 1.54) is 6.92 Å². The fourth-order valence-electron chi connectivity index (χ4n) is 0.932. The van der Waals surface area contributed by atoms with E-state index in [0.717, 1.165) is 0 Å². The summed E-state index contributed by atoms with van der Waals surface area (Å²) in [4.78, 5) is 12.2. The van der Waals surface area contributed by atoms with Gasteiger partial charge in [-0.05, 0) is 6.92 Å². The highest BCUT2D eigenvalue weighted by atomic mass is 16.3. The molecule has 1 aliphatic rings. The molecule has 0 radical (unpaired) electrons. The lowest BCUT2D eigenvalue weighted by Crippen LogP contribution is -2.21. The van der Waals surface area contributed by atoms with Crippen molar-refractivity contribution < 1.29 is 9.90 Å². The number of hydrogen-bond donors (Lipinski definition) is 1. The Morgan fingerprint density at radius 2 is 2.44 bits per heavy atom. The zero-order chi connectivity index (χ0) is 7.07. The van der Waals surface area contributed by atoms with Gasteiger partial charge in [0.2, 0.25) is 5.91 Å². The van der Waals surface area contributed by atoms with E-state index < -0.39 is 0 Å². The summed E-state index contributed by atoms with van der Waals surface area (Å²) >= 11 is 0. The van der Waals surface area contributed by atoms with Crippen LogP contribution in [0.5, 0.6) is 0 Å². The van der Waals surface area contributed by atoms with Gasteiger partial charge in [0.15, 0.2) is 0 Å².